The summed E-state index contributed by atoms with van der Waals surface area (Å²) in [4.78, 5) is 0. The van der Waals surface area contributed by atoms with Crippen LogP contribution in [-0.2, 0) is 0 Å². The van der Waals surface area contributed by atoms with E-state index in [4.69, 9.17) is 0 Å². The molecule has 0 aromatic rings. The fourth-order valence-electron chi connectivity index (χ4n) is 3.34. The van der Waals surface area contributed by atoms with Gasteiger partial charge in [-0.15, -0.1) is 0 Å². The van der Waals surface area contributed by atoms with E-state index in [9.17, 15) is 0 Å². The molecule has 2 fully saturated rings. The Morgan fingerprint density at radius 3 is 2.64 bits per heavy atom. The first kappa shape index (κ1) is 10.5. The van der Waals surface area contributed by atoms with Gasteiger partial charge in [0.05, 0.1) is 0 Å². The van der Waals surface area contributed by atoms with Gasteiger partial charge in [-0.2, -0.15) is 0 Å². The normalized spacial score (nSPS) is 34.9. The molecule has 0 radical (unpaired) electrons. The number of nitrogens with one attached hydrogen (secondary N) is 1. The van der Waals surface area contributed by atoms with E-state index in [2.05, 4.69) is 12.2 Å². The highest BCUT2D eigenvalue weighted by Crippen LogP contribution is 2.42. The number of rotatable bonds is 3. The highest BCUT2D eigenvalue weighted by molar-refractivity contribution is 4.98. The van der Waals surface area contributed by atoms with Crippen LogP contribution < -0.4 is 5.32 Å². The molecular formula is C13H25N. The predicted octanol–water partition coefficient (Wildman–Crippen LogP) is 3.49. The van der Waals surface area contributed by atoms with Crippen molar-refractivity contribution in [3.05, 3.63) is 0 Å². The van der Waals surface area contributed by atoms with Crippen LogP contribution in [0.25, 0.3) is 0 Å². The van der Waals surface area contributed by atoms with Crippen molar-refractivity contribution in [3.8, 4) is 0 Å². The Morgan fingerprint density at radius 2 is 2.00 bits per heavy atom. The van der Waals surface area contributed by atoms with Crippen molar-refractivity contribution in [3.63, 3.8) is 0 Å². The molecule has 2 rings (SSSR count). The third-order valence-electron chi connectivity index (χ3n) is 4.36. The van der Waals surface area contributed by atoms with Crippen molar-refractivity contribution in [2.45, 2.75) is 70.3 Å². The van der Waals surface area contributed by atoms with Crippen molar-refractivity contribution in [2.24, 2.45) is 5.92 Å². The first-order valence-electron chi connectivity index (χ1n) is 6.62. The van der Waals surface area contributed by atoms with Gasteiger partial charge in [-0.1, -0.05) is 32.6 Å². The van der Waals surface area contributed by atoms with Crippen LogP contribution in [0.3, 0.4) is 0 Å². The Kier molecular flexibility index (Phi) is 3.48. The van der Waals surface area contributed by atoms with Gasteiger partial charge >= 0.3 is 0 Å². The van der Waals surface area contributed by atoms with Crippen LogP contribution in [0, 0.1) is 5.92 Å². The summed E-state index contributed by atoms with van der Waals surface area (Å²) in [5.41, 5.74) is 0.559. The average Bonchev–Trinajstić information content (AvgIpc) is 2.28. The van der Waals surface area contributed by atoms with Crippen LogP contribution in [0.4, 0.5) is 0 Å². The maximum atomic E-state index is 3.90. The van der Waals surface area contributed by atoms with Crippen molar-refractivity contribution >= 4 is 0 Å². The molecule has 1 aliphatic heterocycles. The molecule has 1 heteroatoms. The van der Waals surface area contributed by atoms with Crippen LogP contribution in [0.1, 0.15) is 64.7 Å². The summed E-state index contributed by atoms with van der Waals surface area (Å²) in [7, 11) is 0. The van der Waals surface area contributed by atoms with Crippen molar-refractivity contribution in [1.29, 1.82) is 0 Å². The molecular weight excluding hydrogens is 170 g/mol. The van der Waals surface area contributed by atoms with E-state index >= 15 is 0 Å². The van der Waals surface area contributed by atoms with Gasteiger partial charge in [0.25, 0.3) is 0 Å². The molecule has 1 heterocycles. The average molecular weight is 195 g/mol. The van der Waals surface area contributed by atoms with Crippen molar-refractivity contribution < 1.29 is 0 Å². The second-order valence-electron chi connectivity index (χ2n) is 5.27. The molecule has 1 nitrogen and oxygen atoms in total. The van der Waals surface area contributed by atoms with Gasteiger partial charge in [0.2, 0.25) is 0 Å². The van der Waals surface area contributed by atoms with Gasteiger partial charge in [0.15, 0.2) is 0 Å². The molecule has 0 spiro atoms. The van der Waals surface area contributed by atoms with Gasteiger partial charge < -0.3 is 5.32 Å². The Bertz CT molecular complexity index is 164. The molecule has 1 saturated heterocycles. The largest absolute Gasteiger partial charge is 0.311 e. The molecule has 1 atom stereocenters. The van der Waals surface area contributed by atoms with Gasteiger partial charge in [-0.3, -0.25) is 0 Å². The predicted molar refractivity (Wildman–Crippen MR) is 61.5 cm³/mol. The summed E-state index contributed by atoms with van der Waals surface area (Å²) in [5, 5.41) is 3.90. The molecule has 1 saturated carbocycles. The molecule has 1 aliphatic carbocycles. The highest BCUT2D eigenvalue weighted by Gasteiger charge is 2.40. The highest BCUT2D eigenvalue weighted by atomic mass is 15.0. The van der Waals surface area contributed by atoms with E-state index in [-0.39, 0.29) is 0 Å². The lowest BCUT2D eigenvalue weighted by molar-refractivity contribution is 0.110. The molecule has 0 aromatic heterocycles. The molecule has 0 bridgehead atoms. The molecule has 14 heavy (non-hydrogen) atoms. The summed E-state index contributed by atoms with van der Waals surface area (Å²) in [6.07, 6.45) is 13.0. The summed E-state index contributed by atoms with van der Waals surface area (Å²) < 4.78 is 0. The molecule has 2 aliphatic rings. The Hall–Kier alpha value is -0.0400. The summed E-state index contributed by atoms with van der Waals surface area (Å²) in [5.74, 6) is 1.01. The molecule has 82 valence electrons. The van der Waals surface area contributed by atoms with Gasteiger partial charge in [-0.05, 0) is 44.6 Å². The third kappa shape index (κ3) is 1.98. The third-order valence-corrected chi connectivity index (χ3v) is 4.36. The minimum absolute atomic E-state index is 0.559. The topological polar surface area (TPSA) is 12.0 Å². The summed E-state index contributed by atoms with van der Waals surface area (Å²) in [6, 6.07) is 0. The Labute approximate surface area is 88.7 Å². The lowest BCUT2D eigenvalue weighted by Crippen LogP contribution is -2.53. The maximum Gasteiger partial charge on any atom is 0.0209 e. The first-order valence-corrected chi connectivity index (χ1v) is 6.62. The van der Waals surface area contributed by atoms with Crippen LogP contribution in [0.15, 0.2) is 0 Å². The molecule has 0 aromatic carbocycles. The monoisotopic (exact) mass is 195 g/mol. The van der Waals surface area contributed by atoms with Gasteiger partial charge in [-0.25, -0.2) is 0 Å². The summed E-state index contributed by atoms with van der Waals surface area (Å²) >= 11 is 0. The fourth-order valence-corrected chi connectivity index (χ4v) is 3.34. The van der Waals surface area contributed by atoms with Crippen LogP contribution in [0.2, 0.25) is 0 Å². The van der Waals surface area contributed by atoms with E-state index < -0.39 is 0 Å². The minimum Gasteiger partial charge on any atom is -0.311 e. The van der Waals surface area contributed by atoms with Crippen LogP contribution in [-0.4, -0.2) is 12.1 Å². The Morgan fingerprint density at radius 1 is 1.14 bits per heavy atom. The molecule has 0 amide bonds. The molecule has 1 unspecified atom stereocenters. The van der Waals surface area contributed by atoms with E-state index in [0.717, 1.165) is 5.92 Å². The fraction of sp³-hybridized carbons (Fsp3) is 1.00. The SMILES string of the molecule is CCCC1(C2CCC2)CCCCCN1. The standard InChI is InChI=1S/C13H25N/c1-2-9-13(12-7-6-8-12)10-4-3-5-11-14-13/h12,14H,2-11H2,1H3. The van der Waals surface area contributed by atoms with Crippen molar-refractivity contribution in [2.75, 3.05) is 6.54 Å². The number of hydrogen-bond acceptors (Lipinski definition) is 1. The zero-order valence-corrected chi connectivity index (χ0v) is 9.65. The first-order chi connectivity index (χ1) is 6.87. The van der Waals surface area contributed by atoms with E-state index in [1.807, 2.05) is 0 Å². The zero-order valence-electron chi connectivity index (χ0n) is 9.65. The summed E-state index contributed by atoms with van der Waals surface area (Å²) in [6.45, 7) is 3.61. The molecule has 1 N–H and O–H groups in total. The van der Waals surface area contributed by atoms with E-state index in [0.29, 0.717) is 5.54 Å². The minimum atomic E-state index is 0.559. The van der Waals surface area contributed by atoms with Crippen LogP contribution in [0.5, 0.6) is 0 Å². The van der Waals surface area contributed by atoms with Crippen molar-refractivity contribution in [1.82, 2.24) is 5.32 Å². The lowest BCUT2D eigenvalue weighted by atomic mass is 9.67. The zero-order chi connectivity index (χ0) is 9.86. The van der Waals surface area contributed by atoms with E-state index in [1.54, 1.807) is 0 Å². The Balaban J connectivity index is 2.01. The second kappa shape index (κ2) is 4.65. The quantitative estimate of drug-likeness (QED) is 0.727. The van der Waals surface area contributed by atoms with E-state index in [1.165, 1.54) is 64.3 Å². The van der Waals surface area contributed by atoms with Gasteiger partial charge in [0.1, 0.15) is 0 Å². The number of hydrogen-bond donors (Lipinski definition) is 1. The lowest BCUT2D eigenvalue weighted by Gasteiger charge is -2.46. The van der Waals surface area contributed by atoms with Gasteiger partial charge in [0, 0.05) is 5.54 Å². The maximum absolute atomic E-state index is 3.90. The smallest absolute Gasteiger partial charge is 0.0209 e. The second-order valence-corrected chi connectivity index (χ2v) is 5.27. The van der Waals surface area contributed by atoms with Crippen LogP contribution >= 0.6 is 0 Å².